The van der Waals surface area contributed by atoms with Gasteiger partial charge >= 0.3 is 0 Å². The highest BCUT2D eigenvalue weighted by Crippen LogP contribution is 2.26. The minimum Gasteiger partial charge on any atom is -0.375 e. The van der Waals surface area contributed by atoms with Crippen LogP contribution in [0.3, 0.4) is 0 Å². The van der Waals surface area contributed by atoms with Gasteiger partial charge in [0.1, 0.15) is 10.9 Å². The minimum atomic E-state index is -0.182. The molecule has 0 aliphatic carbocycles. The fraction of sp³-hybridized carbons (Fsp3) is 0.550. The van der Waals surface area contributed by atoms with Crippen LogP contribution in [-0.4, -0.2) is 48.0 Å². The van der Waals surface area contributed by atoms with Gasteiger partial charge in [-0.2, -0.15) is 0 Å². The molecule has 1 N–H and O–H groups in total. The number of amides is 1. The summed E-state index contributed by atoms with van der Waals surface area (Å²) in [5.74, 6) is -0.182. The molecule has 0 unspecified atom stereocenters. The van der Waals surface area contributed by atoms with Gasteiger partial charge in [0.2, 0.25) is 0 Å². The first-order chi connectivity index (χ1) is 13.4. The Hall–Kier alpha value is -2.12. The number of aromatic nitrogens is 1. The maximum absolute atomic E-state index is 12.7. The molecule has 152 valence electrons. The molecule has 0 spiro atoms. The van der Waals surface area contributed by atoms with Crippen LogP contribution in [0.2, 0.25) is 0 Å². The van der Waals surface area contributed by atoms with E-state index in [0.717, 1.165) is 30.6 Å². The number of nitrogens with zero attached hydrogens (tertiary/aromatic N) is 3. The van der Waals surface area contributed by atoms with Gasteiger partial charge in [0.25, 0.3) is 11.5 Å². The Morgan fingerprint density at radius 1 is 1.43 bits per heavy atom. The van der Waals surface area contributed by atoms with Gasteiger partial charge in [-0.3, -0.25) is 9.59 Å². The summed E-state index contributed by atoms with van der Waals surface area (Å²) in [6.07, 6.45) is 3.62. The van der Waals surface area contributed by atoms with E-state index in [1.165, 1.54) is 0 Å². The van der Waals surface area contributed by atoms with E-state index in [9.17, 15) is 9.59 Å². The lowest BCUT2D eigenvalue weighted by atomic mass is 10.00. The van der Waals surface area contributed by atoms with Gasteiger partial charge in [-0.1, -0.05) is 18.5 Å². The summed E-state index contributed by atoms with van der Waals surface area (Å²) in [7, 11) is 1.73. The van der Waals surface area contributed by atoms with Crippen LogP contribution in [0.25, 0.3) is 0 Å². The highest BCUT2D eigenvalue weighted by molar-refractivity contribution is 6.43. The zero-order valence-electron chi connectivity index (χ0n) is 16.6. The molecule has 0 aromatic carbocycles. The Kier molecular flexibility index (Phi) is 6.57. The van der Waals surface area contributed by atoms with E-state index in [0.29, 0.717) is 30.4 Å². The highest BCUT2D eigenvalue weighted by Gasteiger charge is 2.33. The Morgan fingerprint density at radius 3 is 2.86 bits per heavy atom. The molecule has 3 heterocycles. The number of hydrogen-bond donors (Lipinski definition) is 1. The van der Waals surface area contributed by atoms with Gasteiger partial charge in [0, 0.05) is 51.1 Å². The van der Waals surface area contributed by atoms with Crippen molar-refractivity contribution in [2.45, 2.75) is 45.3 Å². The summed E-state index contributed by atoms with van der Waals surface area (Å²) in [5.41, 5.74) is 2.29. The predicted octanol–water partition coefficient (Wildman–Crippen LogP) is 2.19. The molecule has 1 aromatic heterocycles. The van der Waals surface area contributed by atoms with E-state index in [1.807, 2.05) is 19.9 Å². The number of ether oxygens (including phenoxy) is 1. The molecular weight excluding hydrogens is 380 g/mol. The molecule has 1 amide bonds. The van der Waals surface area contributed by atoms with Crippen molar-refractivity contribution in [3.8, 4) is 0 Å². The molecule has 7 nitrogen and oxygen atoms in total. The second-order valence-electron chi connectivity index (χ2n) is 7.13. The molecule has 2 aliphatic rings. The maximum atomic E-state index is 12.7. The van der Waals surface area contributed by atoms with Crippen molar-refractivity contribution in [2.24, 2.45) is 12.0 Å². The first-order valence-corrected chi connectivity index (χ1v) is 10.1. The van der Waals surface area contributed by atoms with Crippen LogP contribution in [0.4, 0.5) is 5.69 Å². The third-order valence-electron chi connectivity index (χ3n) is 5.30. The quantitative estimate of drug-likeness (QED) is 0.735. The summed E-state index contributed by atoms with van der Waals surface area (Å²) in [6.45, 7) is 5.83. The second-order valence-corrected chi connectivity index (χ2v) is 7.48. The van der Waals surface area contributed by atoms with Crippen LogP contribution >= 0.6 is 11.6 Å². The Labute approximate surface area is 170 Å². The standard InChI is InChI=1S/C20H27ClN4O3/c1-4-13-10-16(22-19(13)21)20(27)23-15-7-9-25(12-17(15)28-5-2)14-6-8-24(3)18(26)11-14/h6,8,11,15,17H,4-5,7,9-10,12H2,1-3H3,(H,23,27)/t15-,17+/m1/s1. The number of aryl methyl sites for hydroxylation is 1. The molecule has 2 atom stereocenters. The monoisotopic (exact) mass is 406 g/mol. The number of nitrogens with one attached hydrogen (secondary N) is 1. The molecule has 1 aromatic rings. The lowest BCUT2D eigenvalue weighted by Crippen LogP contribution is -2.56. The normalized spacial score (nSPS) is 22.4. The topological polar surface area (TPSA) is 75.9 Å². The number of hydrogen-bond acceptors (Lipinski definition) is 5. The average Bonchev–Trinajstić information content (AvgIpc) is 3.06. The van der Waals surface area contributed by atoms with Crippen molar-refractivity contribution >= 4 is 28.9 Å². The summed E-state index contributed by atoms with van der Waals surface area (Å²) in [4.78, 5) is 31.0. The fourth-order valence-corrected chi connectivity index (χ4v) is 3.90. The average molecular weight is 407 g/mol. The SMILES string of the molecule is CCO[C@H]1CN(c2ccn(C)c(=O)c2)CC[C@H]1NC(=O)C1=NC(Cl)=C(CC)C1. The van der Waals surface area contributed by atoms with Gasteiger partial charge in [0.15, 0.2) is 0 Å². The third-order valence-corrected chi connectivity index (χ3v) is 5.66. The number of carbonyl (C=O) groups excluding carboxylic acids is 1. The van der Waals surface area contributed by atoms with E-state index < -0.39 is 0 Å². The molecule has 0 radical (unpaired) electrons. The van der Waals surface area contributed by atoms with Gasteiger partial charge in [0.05, 0.1) is 12.1 Å². The first-order valence-electron chi connectivity index (χ1n) is 9.72. The summed E-state index contributed by atoms with van der Waals surface area (Å²) in [6, 6.07) is 3.45. The van der Waals surface area contributed by atoms with Crippen LogP contribution < -0.4 is 15.8 Å². The van der Waals surface area contributed by atoms with E-state index in [2.05, 4.69) is 15.2 Å². The predicted molar refractivity (Wildman–Crippen MR) is 111 cm³/mol. The Bertz CT molecular complexity index is 861. The lowest BCUT2D eigenvalue weighted by molar-refractivity contribution is -0.117. The van der Waals surface area contributed by atoms with Crippen molar-refractivity contribution in [2.75, 3.05) is 24.6 Å². The van der Waals surface area contributed by atoms with Gasteiger partial charge < -0.3 is 19.5 Å². The number of rotatable bonds is 6. The smallest absolute Gasteiger partial charge is 0.266 e. The second kappa shape index (κ2) is 8.92. The largest absolute Gasteiger partial charge is 0.375 e. The molecule has 1 fully saturated rings. The zero-order chi connectivity index (χ0) is 20.3. The molecule has 2 aliphatic heterocycles. The van der Waals surface area contributed by atoms with E-state index >= 15 is 0 Å². The molecule has 0 bridgehead atoms. The van der Waals surface area contributed by atoms with Crippen molar-refractivity contribution in [3.63, 3.8) is 0 Å². The Morgan fingerprint density at radius 2 is 2.21 bits per heavy atom. The molecule has 28 heavy (non-hydrogen) atoms. The zero-order valence-corrected chi connectivity index (χ0v) is 17.3. The number of carbonyl (C=O) groups is 1. The first kappa shape index (κ1) is 20.6. The molecule has 0 saturated carbocycles. The third kappa shape index (κ3) is 4.47. The van der Waals surface area contributed by atoms with Crippen LogP contribution in [0.15, 0.2) is 38.8 Å². The Balaban J connectivity index is 1.66. The molecular formula is C20H27ClN4O3. The van der Waals surface area contributed by atoms with Crippen LogP contribution in [0, 0.1) is 0 Å². The van der Waals surface area contributed by atoms with Crippen LogP contribution in [0.1, 0.15) is 33.1 Å². The van der Waals surface area contributed by atoms with Crippen LogP contribution in [0.5, 0.6) is 0 Å². The number of pyridine rings is 1. The number of piperidine rings is 1. The van der Waals surface area contributed by atoms with Gasteiger partial charge in [-0.05, 0) is 31.4 Å². The van der Waals surface area contributed by atoms with E-state index in [1.54, 1.807) is 23.9 Å². The van der Waals surface area contributed by atoms with Crippen molar-refractivity contribution in [3.05, 3.63) is 39.4 Å². The number of anilines is 1. The van der Waals surface area contributed by atoms with Crippen molar-refractivity contribution in [1.29, 1.82) is 0 Å². The summed E-state index contributed by atoms with van der Waals surface area (Å²) in [5, 5.41) is 3.52. The molecule has 8 heteroatoms. The number of aliphatic imine (C=N–C) groups is 1. The fourth-order valence-electron chi connectivity index (χ4n) is 3.60. The summed E-state index contributed by atoms with van der Waals surface area (Å²) < 4.78 is 7.46. The van der Waals surface area contributed by atoms with Crippen LogP contribution in [-0.2, 0) is 16.6 Å². The lowest BCUT2D eigenvalue weighted by Gasteiger charge is -2.39. The molecule has 3 rings (SSSR count). The van der Waals surface area contributed by atoms with E-state index in [-0.39, 0.29) is 23.6 Å². The van der Waals surface area contributed by atoms with Gasteiger partial charge in [-0.15, -0.1) is 0 Å². The van der Waals surface area contributed by atoms with Gasteiger partial charge in [-0.25, -0.2) is 4.99 Å². The van der Waals surface area contributed by atoms with Crippen molar-refractivity contribution < 1.29 is 9.53 Å². The number of halogens is 1. The minimum absolute atomic E-state index is 0.0451. The summed E-state index contributed by atoms with van der Waals surface area (Å²) >= 11 is 6.10. The van der Waals surface area contributed by atoms with E-state index in [4.69, 9.17) is 16.3 Å². The van der Waals surface area contributed by atoms with Crippen molar-refractivity contribution in [1.82, 2.24) is 9.88 Å². The number of allylic oxidation sites excluding steroid dienone is 1. The maximum Gasteiger partial charge on any atom is 0.266 e. The highest BCUT2D eigenvalue weighted by atomic mass is 35.5. The molecule has 1 saturated heterocycles.